The maximum absolute atomic E-state index is 12.6. The lowest BCUT2D eigenvalue weighted by Crippen LogP contribution is -2.45. The maximum atomic E-state index is 12.6. The molecule has 2 aliphatic rings. The summed E-state index contributed by atoms with van der Waals surface area (Å²) in [6.07, 6.45) is 1.90. The van der Waals surface area contributed by atoms with Gasteiger partial charge in [0.2, 0.25) is 23.6 Å². The number of nitrogens with zero attached hydrogens (tertiary/aromatic N) is 2. The molecular weight excluding hydrogens is 348 g/mol. The van der Waals surface area contributed by atoms with E-state index in [0.717, 1.165) is 12.8 Å². The zero-order chi connectivity index (χ0) is 19.6. The molecule has 4 amide bonds. The number of nitrogens with one attached hydrogen (secondary N) is 2. The van der Waals surface area contributed by atoms with Crippen molar-refractivity contribution < 1.29 is 19.2 Å². The molecule has 1 saturated carbocycles. The summed E-state index contributed by atoms with van der Waals surface area (Å²) in [6.45, 7) is 3.82. The van der Waals surface area contributed by atoms with Gasteiger partial charge in [0, 0.05) is 24.3 Å². The van der Waals surface area contributed by atoms with E-state index in [4.69, 9.17) is 0 Å². The van der Waals surface area contributed by atoms with Gasteiger partial charge in [0.05, 0.1) is 19.0 Å². The Morgan fingerprint density at radius 2 is 1.70 bits per heavy atom. The first-order valence-corrected chi connectivity index (χ1v) is 9.16. The van der Waals surface area contributed by atoms with Crippen LogP contribution in [-0.4, -0.2) is 58.6 Å². The molecule has 0 bridgehead atoms. The number of carbonyl (C=O) groups excluding carboxylic acids is 4. The summed E-state index contributed by atoms with van der Waals surface area (Å²) in [5, 5.41) is 5.44. The van der Waals surface area contributed by atoms with Crippen molar-refractivity contribution in [1.82, 2.24) is 9.80 Å². The predicted octanol–water partition coefficient (Wildman–Crippen LogP) is 1.20. The number of anilines is 2. The molecule has 2 fully saturated rings. The van der Waals surface area contributed by atoms with Crippen LogP contribution in [0.15, 0.2) is 24.3 Å². The van der Waals surface area contributed by atoms with Crippen molar-refractivity contribution in [3.63, 3.8) is 0 Å². The lowest BCUT2D eigenvalue weighted by Gasteiger charge is -2.25. The molecule has 1 saturated heterocycles. The van der Waals surface area contributed by atoms with Gasteiger partial charge >= 0.3 is 0 Å². The number of amides is 4. The Morgan fingerprint density at radius 3 is 2.22 bits per heavy atom. The van der Waals surface area contributed by atoms with Gasteiger partial charge < -0.3 is 10.6 Å². The smallest absolute Gasteiger partial charge is 0.247 e. The van der Waals surface area contributed by atoms with Crippen molar-refractivity contribution in [3.8, 4) is 0 Å². The van der Waals surface area contributed by atoms with E-state index < -0.39 is 6.04 Å². The first kappa shape index (κ1) is 19.0. The van der Waals surface area contributed by atoms with E-state index in [1.165, 1.54) is 11.8 Å². The van der Waals surface area contributed by atoms with E-state index in [-0.39, 0.29) is 42.6 Å². The van der Waals surface area contributed by atoms with Crippen LogP contribution in [0.4, 0.5) is 11.4 Å². The highest BCUT2D eigenvalue weighted by Gasteiger charge is 2.47. The topological polar surface area (TPSA) is 98.8 Å². The lowest BCUT2D eigenvalue weighted by molar-refractivity contribution is -0.140. The normalized spacial score (nSPS) is 19.5. The second kappa shape index (κ2) is 7.87. The van der Waals surface area contributed by atoms with Crippen molar-refractivity contribution in [2.24, 2.45) is 0 Å². The highest BCUT2D eigenvalue weighted by atomic mass is 16.2. The van der Waals surface area contributed by atoms with E-state index >= 15 is 0 Å². The van der Waals surface area contributed by atoms with E-state index in [9.17, 15) is 19.2 Å². The summed E-state index contributed by atoms with van der Waals surface area (Å²) in [7, 11) is 0. The number of hydrogen-bond acceptors (Lipinski definition) is 5. The van der Waals surface area contributed by atoms with Gasteiger partial charge in [0.1, 0.15) is 0 Å². The Balaban J connectivity index is 1.58. The molecule has 0 aromatic heterocycles. The minimum absolute atomic E-state index is 0.0339. The number of hydrogen-bond donors (Lipinski definition) is 2. The first-order chi connectivity index (χ1) is 12.9. The van der Waals surface area contributed by atoms with Crippen molar-refractivity contribution in [2.75, 3.05) is 23.7 Å². The van der Waals surface area contributed by atoms with Gasteiger partial charge in [-0.2, -0.15) is 0 Å². The second-order valence-corrected chi connectivity index (χ2v) is 6.92. The maximum Gasteiger partial charge on any atom is 0.247 e. The van der Waals surface area contributed by atoms with Crippen LogP contribution in [-0.2, 0) is 19.2 Å². The van der Waals surface area contributed by atoms with Crippen LogP contribution in [0.2, 0.25) is 0 Å². The minimum Gasteiger partial charge on any atom is -0.326 e. The summed E-state index contributed by atoms with van der Waals surface area (Å²) >= 11 is 0. The molecule has 144 valence electrons. The van der Waals surface area contributed by atoms with Crippen LogP contribution < -0.4 is 10.6 Å². The highest BCUT2D eigenvalue weighted by Crippen LogP contribution is 2.32. The number of benzene rings is 1. The van der Waals surface area contributed by atoms with Crippen LogP contribution in [0.3, 0.4) is 0 Å². The van der Waals surface area contributed by atoms with Crippen molar-refractivity contribution in [1.29, 1.82) is 0 Å². The van der Waals surface area contributed by atoms with Gasteiger partial charge in [-0.3, -0.25) is 29.0 Å². The van der Waals surface area contributed by atoms with E-state index in [1.54, 1.807) is 29.2 Å². The van der Waals surface area contributed by atoms with E-state index in [2.05, 4.69) is 10.6 Å². The highest BCUT2D eigenvalue weighted by molar-refractivity contribution is 6.06. The Labute approximate surface area is 157 Å². The standard InChI is InChI=1S/C19H24N4O4/c1-3-22(16-10-18(26)23(19(16)27)15-8-9-15)11-17(25)21-14-6-4-13(5-7-14)20-12(2)24/h4-7,15-16H,3,8-11H2,1-2H3,(H,20,24)(H,21,25). The van der Waals surface area contributed by atoms with Gasteiger partial charge in [-0.1, -0.05) is 6.92 Å². The lowest BCUT2D eigenvalue weighted by atomic mass is 10.2. The van der Waals surface area contributed by atoms with Crippen LogP contribution in [0.5, 0.6) is 0 Å². The molecule has 1 aliphatic carbocycles. The van der Waals surface area contributed by atoms with E-state index in [0.29, 0.717) is 17.9 Å². The third-order valence-corrected chi connectivity index (χ3v) is 4.75. The summed E-state index contributed by atoms with van der Waals surface area (Å²) in [5.74, 6) is -0.743. The van der Waals surface area contributed by atoms with Crippen LogP contribution in [0.25, 0.3) is 0 Å². The predicted molar refractivity (Wildman–Crippen MR) is 99.9 cm³/mol. The fourth-order valence-corrected chi connectivity index (χ4v) is 3.30. The molecule has 1 aromatic rings. The zero-order valence-electron chi connectivity index (χ0n) is 15.5. The third kappa shape index (κ3) is 4.51. The molecule has 27 heavy (non-hydrogen) atoms. The molecule has 1 aliphatic heterocycles. The fraction of sp³-hybridized carbons (Fsp3) is 0.474. The fourth-order valence-electron chi connectivity index (χ4n) is 3.30. The third-order valence-electron chi connectivity index (χ3n) is 4.75. The monoisotopic (exact) mass is 372 g/mol. The second-order valence-electron chi connectivity index (χ2n) is 6.92. The Kier molecular flexibility index (Phi) is 5.55. The largest absolute Gasteiger partial charge is 0.326 e. The van der Waals surface area contributed by atoms with Crippen LogP contribution >= 0.6 is 0 Å². The number of rotatable bonds is 7. The number of likely N-dealkylation sites (N-methyl/N-ethyl adjacent to an activating group) is 1. The molecule has 3 rings (SSSR count). The average Bonchev–Trinajstić information content (AvgIpc) is 3.39. The molecule has 8 nitrogen and oxygen atoms in total. The summed E-state index contributed by atoms with van der Waals surface area (Å²) in [5.41, 5.74) is 1.24. The molecule has 1 atom stereocenters. The zero-order valence-corrected chi connectivity index (χ0v) is 15.5. The van der Waals surface area contributed by atoms with Crippen LogP contribution in [0.1, 0.15) is 33.1 Å². The molecule has 1 aromatic carbocycles. The Hall–Kier alpha value is -2.74. The van der Waals surface area contributed by atoms with Crippen molar-refractivity contribution in [3.05, 3.63) is 24.3 Å². The quantitative estimate of drug-likeness (QED) is 0.701. The summed E-state index contributed by atoms with van der Waals surface area (Å²) in [4.78, 5) is 51.2. The van der Waals surface area contributed by atoms with Crippen molar-refractivity contribution >= 4 is 35.0 Å². The molecule has 0 spiro atoms. The summed E-state index contributed by atoms with van der Waals surface area (Å²) < 4.78 is 0. The molecule has 8 heteroatoms. The van der Waals surface area contributed by atoms with Gasteiger partial charge in [-0.25, -0.2) is 0 Å². The first-order valence-electron chi connectivity index (χ1n) is 9.16. The molecule has 2 N–H and O–H groups in total. The molecule has 0 radical (unpaired) electrons. The Morgan fingerprint density at radius 1 is 1.11 bits per heavy atom. The Bertz CT molecular complexity index is 757. The van der Waals surface area contributed by atoms with Gasteiger partial charge in [0.25, 0.3) is 0 Å². The minimum atomic E-state index is -0.559. The number of likely N-dealkylation sites (tertiary alicyclic amines) is 1. The summed E-state index contributed by atoms with van der Waals surface area (Å²) in [6, 6.07) is 6.28. The molecule has 1 unspecified atom stereocenters. The number of imide groups is 1. The van der Waals surface area contributed by atoms with E-state index in [1.807, 2.05) is 6.92 Å². The molecule has 1 heterocycles. The van der Waals surface area contributed by atoms with Gasteiger partial charge in [-0.05, 0) is 43.7 Å². The van der Waals surface area contributed by atoms with Gasteiger partial charge in [0.15, 0.2) is 0 Å². The van der Waals surface area contributed by atoms with Gasteiger partial charge in [-0.15, -0.1) is 0 Å². The van der Waals surface area contributed by atoms with Crippen molar-refractivity contribution in [2.45, 2.75) is 45.2 Å². The SMILES string of the molecule is CCN(CC(=O)Nc1ccc(NC(C)=O)cc1)C1CC(=O)N(C2CC2)C1=O. The molecular formula is C19H24N4O4. The van der Waals surface area contributed by atoms with Crippen LogP contribution in [0, 0.1) is 0 Å². The average molecular weight is 372 g/mol. The number of carbonyl (C=O) groups is 4.